The molecule has 0 radical (unpaired) electrons. The summed E-state index contributed by atoms with van der Waals surface area (Å²) in [5.74, 6) is 2.70. The van der Waals surface area contributed by atoms with Crippen molar-refractivity contribution in [2.45, 2.75) is 73.8 Å². The van der Waals surface area contributed by atoms with Gasteiger partial charge in [0.25, 0.3) is 0 Å². The SMILES string of the molecule is C=C\C=C(/N=C(C)\C(\C=C/C(C)CC)=C\C(C)C)C(=C)NC1=CN2CC(CCC(C)C)N=C2C=C1N1CCNCC1. The minimum absolute atomic E-state index is 0.338. The summed E-state index contributed by atoms with van der Waals surface area (Å²) >= 11 is 0. The van der Waals surface area contributed by atoms with Gasteiger partial charge in [-0.2, -0.15) is 0 Å². The van der Waals surface area contributed by atoms with Crippen molar-refractivity contribution in [3.8, 4) is 0 Å². The van der Waals surface area contributed by atoms with Gasteiger partial charge in [-0.25, -0.2) is 0 Å². The van der Waals surface area contributed by atoms with E-state index in [1.165, 1.54) is 12.1 Å². The van der Waals surface area contributed by atoms with Crippen molar-refractivity contribution in [1.82, 2.24) is 20.4 Å². The van der Waals surface area contributed by atoms with E-state index < -0.39 is 0 Å². The highest BCUT2D eigenvalue weighted by Gasteiger charge is 2.30. The molecule has 6 heteroatoms. The van der Waals surface area contributed by atoms with E-state index in [0.29, 0.717) is 23.8 Å². The Morgan fingerprint density at radius 3 is 2.59 bits per heavy atom. The van der Waals surface area contributed by atoms with Crippen molar-refractivity contribution in [3.05, 3.63) is 84.2 Å². The zero-order chi connectivity index (χ0) is 29.9. The quantitative estimate of drug-likeness (QED) is 0.179. The molecule has 0 bridgehead atoms. The molecule has 0 aliphatic carbocycles. The zero-order valence-electron chi connectivity index (χ0n) is 26.7. The van der Waals surface area contributed by atoms with E-state index in [2.05, 4.69) is 113 Å². The lowest BCUT2D eigenvalue weighted by Gasteiger charge is -2.36. The summed E-state index contributed by atoms with van der Waals surface area (Å²) < 4.78 is 0. The van der Waals surface area contributed by atoms with Crippen LogP contribution in [0.2, 0.25) is 0 Å². The molecular formula is C35H54N6. The number of allylic oxidation sites excluding steroid dienone is 6. The maximum absolute atomic E-state index is 5.09. The van der Waals surface area contributed by atoms with Gasteiger partial charge in [0.2, 0.25) is 0 Å². The Kier molecular flexibility index (Phi) is 12.5. The molecule has 41 heavy (non-hydrogen) atoms. The van der Waals surface area contributed by atoms with Crippen LogP contribution in [0.1, 0.15) is 67.7 Å². The van der Waals surface area contributed by atoms with E-state index in [4.69, 9.17) is 9.98 Å². The second-order valence-electron chi connectivity index (χ2n) is 12.3. The van der Waals surface area contributed by atoms with Crippen molar-refractivity contribution < 1.29 is 0 Å². The Morgan fingerprint density at radius 1 is 1.22 bits per heavy atom. The maximum Gasteiger partial charge on any atom is 0.130 e. The fourth-order valence-corrected chi connectivity index (χ4v) is 5.08. The van der Waals surface area contributed by atoms with Gasteiger partial charge in [-0.15, -0.1) is 0 Å². The normalized spacial score (nSPS) is 21.2. The minimum Gasteiger partial charge on any atom is -0.367 e. The fourth-order valence-electron chi connectivity index (χ4n) is 5.08. The van der Waals surface area contributed by atoms with Crippen LogP contribution in [0, 0.1) is 17.8 Å². The van der Waals surface area contributed by atoms with Crippen LogP contribution in [0.25, 0.3) is 0 Å². The third-order valence-electron chi connectivity index (χ3n) is 7.72. The topological polar surface area (TPSA) is 55.3 Å². The van der Waals surface area contributed by atoms with E-state index in [-0.39, 0.29) is 0 Å². The summed E-state index contributed by atoms with van der Waals surface area (Å²) in [6.45, 7) is 28.7. The van der Waals surface area contributed by atoms with Crippen molar-refractivity contribution in [2.24, 2.45) is 27.7 Å². The van der Waals surface area contributed by atoms with Gasteiger partial charge in [0.15, 0.2) is 0 Å². The Bertz CT molecular complexity index is 1140. The average molecular weight is 559 g/mol. The van der Waals surface area contributed by atoms with Gasteiger partial charge in [-0.05, 0) is 49.2 Å². The first-order valence-electron chi connectivity index (χ1n) is 15.6. The van der Waals surface area contributed by atoms with Gasteiger partial charge in [-0.3, -0.25) is 9.98 Å². The van der Waals surface area contributed by atoms with Gasteiger partial charge in [0, 0.05) is 50.7 Å². The van der Waals surface area contributed by atoms with E-state index in [1.807, 2.05) is 6.08 Å². The summed E-state index contributed by atoms with van der Waals surface area (Å²) in [6, 6.07) is 0.338. The lowest BCUT2D eigenvalue weighted by Crippen LogP contribution is -2.45. The standard InChI is InChI=1S/C35H54N6/c1-10-12-32(37-28(8)30(21-26(5)6)15-14-27(7)11-2)29(9)38-33-24-41-23-31(16-13-25(3)4)39-35(41)22-34(33)40-19-17-36-18-20-40/h10,12,14-15,21-22,24-27,31,36,38H,1,9,11,13,16-20,23H2,2-8H3/b15-14-,30-21+,32-12-,37-28-. The van der Waals surface area contributed by atoms with Crippen LogP contribution in [0.3, 0.4) is 0 Å². The Hall–Kier alpha value is -3.12. The monoisotopic (exact) mass is 558 g/mol. The molecule has 3 rings (SSSR count). The maximum atomic E-state index is 5.09. The van der Waals surface area contributed by atoms with Gasteiger partial charge in [0.05, 0.1) is 28.8 Å². The van der Waals surface area contributed by atoms with Gasteiger partial charge >= 0.3 is 0 Å². The number of nitrogens with zero attached hydrogens (tertiary/aromatic N) is 4. The molecule has 0 saturated carbocycles. The molecule has 2 atom stereocenters. The number of piperazine rings is 1. The van der Waals surface area contributed by atoms with Crippen molar-refractivity contribution in [3.63, 3.8) is 0 Å². The molecule has 0 aromatic rings. The summed E-state index contributed by atoms with van der Waals surface area (Å²) in [5, 5.41) is 7.13. The van der Waals surface area contributed by atoms with Crippen LogP contribution < -0.4 is 10.6 Å². The Morgan fingerprint density at radius 2 is 1.95 bits per heavy atom. The van der Waals surface area contributed by atoms with Crippen LogP contribution in [0.5, 0.6) is 0 Å². The number of rotatable bonds is 14. The van der Waals surface area contributed by atoms with Crippen molar-refractivity contribution in [2.75, 3.05) is 32.7 Å². The van der Waals surface area contributed by atoms with Crippen molar-refractivity contribution in [1.29, 1.82) is 0 Å². The van der Waals surface area contributed by atoms with Crippen LogP contribution in [-0.2, 0) is 0 Å². The molecule has 6 nitrogen and oxygen atoms in total. The largest absolute Gasteiger partial charge is 0.367 e. The summed E-state index contributed by atoms with van der Waals surface area (Å²) in [7, 11) is 0. The second-order valence-corrected chi connectivity index (χ2v) is 12.3. The lowest BCUT2D eigenvalue weighted by molar-refractivity contribution is 0.300. The van der Waals surface area contributed by atoms with Gasteiger partial charge in [0.1, 0.15) is 5.84 Å². The van der Waals surface area contributed by atoms with Crippen LogP contribution in [0.4, 0.5) is 0 Å². The number of fused-ring (bicyclic) bond motifs is 1. The lowest BCUT2D eigenvalue weighted by atomic mass is 10.0. The van der Waals surface area contributed by atoms with Crippen LogP contribution in [-0.4, -0.2) is 60.1 Å². The highest BCUT2D eigenvalue weighted by molar-refractivity contribution is 6.01. The number of hydrogen-bond acceptors (Lipinski definition) is 6. The van der Waals surface area contributed by atoms with Crippen LogP contribution in [0.15, 0.2) is 94.2 Å². The molecule has 3 aliphatic heterocycles. The van der Waals surface area contributed by atoms with E-state index in [1.54, 1.807) is 6.08 Å². The molecular weight excluding hydrogens is 504 g/mol. The Labute approximate surface area is 250 Å². The number of nitrogens with one attached hydrogen (secondary N) is 2. The van der Waals surface area contributed by atoms with Gasteiger partial charge in [-0.1, -0.05) is 85.4 Å². The number of aliphatic imine (C=N–C) groups is 2. The van der Waals surface area contributed by atoms with Crippen molar-refractivity contribution >= 4 is 11.5 Å². The summed E-state index contributed by atoms with van der Waals surface area (Å²) in [6.07, 6.45) is 18.4. The summed E-state index contributed by atoms with van der Waals surface area (Å²) in [4.78, 5) is 14.9. The van der Waals surface area contributed by atoms with E-state index >= 15 is 0 Å². The average Bonchev–Trinajstić information content (AvgIpc) is 3.35. The van der Waals surface area contributed by atoms with E-state index in [9.17, 15) is 0 Å². The number of hydrogen-bond donors (Lipinski definition) is 2. The summed E-state index contributed by atoms with van der Waals surface area (Å²) in [5.41, 5.74) is 5.85. The highest BCUT2D eigenvalue weighted by Crippen LogP contribution is 2.27. The van der Waals surface area contributed by atoms with Crippen LogP contribution >= 0.6 is 0 Å². The third-order valence-corrected chi connectivity index (χ3v) is 7.72. The molecule has 2 unspecified atom stereocenters. The number of amidine groups is 1. The first-order valence-corrected chi connectivity index (χ1v) is 15.6. The molecule has 0 amide bonds. The molecule has 0 spiro atoms. The van der Waals surface area contributed by atoms with E-state index in [0.717, 1.165) is 79.8 Å². The molecule has 3 aliphatic rings. The molecule has 3 heterocycles. The minimum atomic E-state index is 0.338. The highest BCUT2D eigenvalue weighted by atomic mass is 15.3. The van der Waals surface area contributed by atoms with Gasteiger partial charge < -0.3 is 20.4 Å². The Balaban J connectivity index is 1.88. The third kappa shape index (κ3) is 9.74. The molecule has 0 aromatic heterocycles. The predicted octanol–water partition coefficient (Wildman–Crippen LogP) is 6.97. The molecule has 224 valence electrons. The molecule has 1 fully saturated rings. The predicted molar refractivity (Wildman–Crippen MR) is 178 cm³/mol. The second kappa shape index (κ2) is 15.8. The molecule has 0 aromatic carbocycles. The molecule has 1 saturated heterocycles. The first-order chi connectivity index (χ1) is 19.6. The fraction of sp³-hybridized carbons (Fsp3) is 0.543. The zero-order valence-corrected chi connectivity index (χ0v) is 26.7. The first kappa shape index (κ1) is 32.4. The molecule has 2 N–H and O–H groups in total. The smallest absolute Gasteiger partial charge is 0.130 e.